The molecule has 3 heterocycles. The van der Waals surface area contributed by atoms with Gasteiger partial charge in [0.25, 0.3) is 0 Å². The third-order valence-corrected chi connectivity index (χ3v) is 32.0. The van der Waals surface area contributed by atoms with Crippen LogP contribution in [0.4, 0.5) is 0 Å². The molecule has 2 atom stereocenters. The van der Waals surface area contributed by atoms with Gasteiger partial charge in [0, 0.05) is 73.1 Å². The highest BCUT2D eigenvalue weighted by Crippen LogP contribution is 2.54. The van der Waals surface area contributed by atoms with Gasteiger partial charge in [-0.15, -0.1) is 0 Å². The van der Waals surface area contributed by atoms with Crippen molar-refractivity contribution < 1.29 is 0 Å². The monoisotopic (exact) mass is 1890 g/mol. The fourth-order valence-corrected chi connectivity index (χ4v) is 25.6. The molecular formula is C146H97N3. The SMILES string of the molecule is C1=CC2C=CC=C(c3c4ccccc4c(-c4ccc5c(c4)c4cc(-c6c7ccccc7c(-c7cccc8ccccc78)c7ccccc67)ccc4n5-c4ccccc4)c4ccccc34)C2C=C1.CCn1c2ccccc2c2cc(-c3c4ccccc4c(-c4ccc5ccccc5c4)c4ccccc34)ccc21.c1ccc(-n2c3ccccc3c3cc(-c4c5ccccc5c(-c5ccc6ccccc6c5)c5ccccc45)ccc32)cc1. The fourth-order valence-electron chi connectivity index (χ4n) is 25.6. The second-order valence-corrected chi connectivity index (χ2v) is 39.9. The van der Waals surface area contributed by atoms with Crippen LogP contribution in [0, 0.1) is 11.8 Å². The molecule has 3 nitrogen and oxygen atoms in total. The molecule has 0 N–H and O–H groups in total. The molecule has 149 heavy (non-hydrogen) atoms. The molecule has 0 radical (unpaired) electrons. The van der Waals surface area contributed by atoms with Crippen molar-refractivity contribution in [2.75, 3.05) is 0 Å². The maximum atomic E-state index is 2.47. The Morgan fingerprint density at radius 1 is 0.174 bits per heavy atom. The van der Waals surface area contributed by atoms with Gasteiger partial charge in [-0.25, -0.2) is 0 Å². The van der Waals surface area contributed by atoms with Crippen LogP contribution in [0.5, 0.6) is 0 Å². The normalized spacial score (nSPS) is 13.5. The number of allylic oxidation sites excluding steroid dienone is 8. The van der Waals surface area contributed by atoms with Crippen molar-refractivity contribution in [1.82, 2.24) is 13.7 Å². The van der Waals surface area contributed by atoms with E-state index in [1.165, 1.54) is 279 Å². The highest BCUT2D eigenvalue weighted by Gasteiger charge is 2.31. The fraction of sp³-hybridized carbons (Fsp3) is 0.0274. The van der Waals surface area contributed by atoms with Crippen LogP contribution in [-0.2, 0) is 6.54 Å². The lowest BCUT2D eigenvalue weighted by Gasteiger charge is -2.29. The summed E-state index contributed by atoms with van der Waals surface area (Å²) in [7, 11) is 0. The number of nitrogens with zero attached hydrogens (tertiary/aromatic N) is 3. The van der Waals surface area contributed by atoms with E-state index in [0.717, 1.165) is 12.2 Å². The zero-order valence-corrected chi connectivity index (χ0v) is 82.2. The molecule has 0 bridgehead atoms. The second kappa shape index (κ2) is 35.8. The Morgan fingerprint density at radius 3 is 0.832 bits per heavy atom. The minimum absolute atomic E-state index is 0.297. The van der Waals surface area contributed by atoms with Gasteiger partial charge in [-0.3, -0.25) is 0 Å². The van der Waals surface area contributed by atoms with Crippen LogP contribution in [0.1, 0.15) is 12.5 Å². The van der Waals surface area contributed by atoms with Crippen LogP contribution in [0.25, 0.3) is 279 Å². The number of benzene rings is 26. The number of aryl methyl sites for hydroxylation is 1. The van der Waals surface area contributed by atoms with Crippen molar-refractivity contribution in [3.05, 3.63) is 552 Å². The lowest BCUT2D eigenvalue weighted by Crippen LogP contribution is -2.15. The first-order valence-corrected chi connectivity index (χ1v) is 52.1. The van der Waals surface area contributed by atoms with E-state index in [1.807, 2.05) is 0 Å². The maximum absolute atomic E-state index is 2.47. The highest BCUT2D eigenvalue weighted by atomic mass is 15.0. The van der Waals surface area contributed by atoms with Gasteiger partial charge in [0.2, 0.25) is 0 Å². The van der Waals surface area contributed by atoms with Crippen LogP contribution >= 0.6 is 0 Å². The minimum Gasteiger partial charge on any atom is -0.341 e. The van der Waals surface area contributed by atoms with Crippen molar-refractivity contribution in [2.45, 2.75) is 13.5 Å². The molecule has 0 aliphatic heterocycles. The van der Waals surface area contributed by atoms with Crippen molar-refractivity contribution in [2.24, 2.45) is 11.8 Å². The van der Waals surface area contributed by atoms with Crippen LogP contribution in [-0.4, -0.2) is 13.7 Å². The Kier molecular flexibility index (Phi) is 20.8. The predicted octanol–water partition coefficient (Wildman–Crippen LogP) is 40.0. The van der Waals surface area contributed by atoms with Gasteiger partial charge in [0.15, 0.2) is 0 Å². The van der Waals surface area contributed by atoms with Gasteiger partial charge in [-0.1, -0.05) is 449 Å². The second-order valence-electron chi connectivity index (χ2n) is 39.9. The Labute approximate surface area is 863 Å². The molecule has 29 aromatic rings. The van der Waals surface area contributed by atoms with Gasteiger partial charge in [0.1, 0.15) is 0 Å². The van der Waals surface area contributed by atoms with Gasteiger partial charge in [0.05, 0.1) is 22.1 Å². The first-order valence-electron chi connectivity index (χ1n) is 52.1. The number of hydrogen-bond acceptors (Lipinski definition) is 0. The lowest BCUT2D eigenvalue weighted by molar-refractivity contribution is 0.679. The Hall–Kier alpha value is -19.1. The van der Waals surface area contributed by atoms with Crippen molar-refractivity contribution in [3.63, 3.8) is 0 Å². The molecule has 0 saturated carbocycles. The van der Waals surface area contributed by atoms with E-state index in [0.29, 0.717) is 11.8 Å². The average molecular weight is 1890 g/mol. The molecule has 0 spiro atoms. The average Bonchev–Trinajstić information content (AvgIpc) is 1.70. The van der Waals surface area contributed by atoms with Crippen LogP contribution in [0.15, 0.2) is 546 Å². The largest absolute Gasteiger partial charge is 0.341 e. The highest BCUT2D eigenvalue weighted by molar-refractivity contribution is 6.29. The molecule has 2 aliphatic carbocycles. The summed E-state index contributed by atoms with van der Waals surface area (Å²) in [5.74, 6) is 0.653. The Morgan fingerprint density at radius 2 is 0.436 bits per heavy atom. The van der Waals surface area contributed by atoms with Crippen molar-refractivity contribution >= 4 is 189 Å². The van der Waals surface area contributed by atoms with E-state index in [9.17, 15) is 0 Å². The quantitative estimate of drug-likeness (QED) is 0.115. The Balaban J connectivity index is 0.000000111. The summed E-state index contributed by atoms with van der Waals surface area (Å²) in [4.78, 5) is 0. The number of rotatable bonds is 11. The van der Waals surface area contributed by atoms with Crippen molar-refractivity contribution in [3.8, 4) is 89.3 Å². The van der Waals surface area contributed by atoms with Crippen LogP contribution in [0.3, 0.4) is 0 Å². The Bertz CT molecular complexity index is 10500. The number of aromatic nitrogens is 3. The maximum Gasteiger partial charge on any atom is 0.0541 e. The van der Waals surface area contributed by atoms with Crippen LogP contribution in [0.2, 0.25) is 0 Å². The molecule has 0 saturated heterocycles. The smallest absolute Gasteiger partial charge is 0.0541 e. The molecule has 2 unspecified atom stereocenters. The zero-order valence-electron chi connectivity index (χ0n) is 82.2. The first kappa shape index (κ1) is 86.6. The lowest BCUT2D eigenvalue weighted by atomic mass is 9.74. The third-order valence-electron chi connectivity index (χ3n) is 32.0. The third kappa shape index (κ3) is 14.2. The topological polar surface area (TPSA) is 14.8 Å². The summed E-state index contributed by atoms with van der Waals surface area (Å²) >= 11 is 0. The van der Waals surface area contributed by atoms with E-state index in [2.05, 4.69) is 567 Å². The zero-order chi connectivity index (χ0) is 98.3. The molecule has 696 valence electrons. The van der Waals surface area contributed by atoms with Gasteiger partial charge in [-0.2, -0.15) is 0 Å². The summed E-state index contributed by atoms with van der Waals surface area (Å²) < 4.78 is 7.25. The molecule has 3 aromatic heterocycles. The molecule has 31 rings (SSSR count). The van der Waals surface area contributed by atoms with Gasteiger partial charge >= 0.3 is 0 Å². The summed E-state index contributed by atoms with van der Waals surface area (Å²) in [5.41, 5.74) is 30.2. The van der Waals surface area contributed by atoms with Gasteiger partial charge < -0.3 is 13.7 Å². The molecule has 3 heteroatoms. The molecule has 26 aromatic carbocycles. The predicted molar refractivity (Wildman–Crippen MR) is 640 cm³/mol. The molecule has 0 fully saturated rings. The number of fused-ring (bicyclic) bond motifs is 21. The number of para-hydroxylation sites is 4. The molecule has 2 aliphatic rings. The van der Waals surface area contributed by atoms with Crippen molar-refractivity contribution in [1.29, 1.82) is 0 Å². The van der Waals surface area contributed by atoms with E-state index < -0.39 is 0 Å². The first-order chi connectivity index (χ1) is 73.9. The molecule has 0 amide bonds. The van der Waals surface area contributed by atoms with Crippen LogP contribution < -0.4 is 0 Å². The standard InChI is InChI=1S/C66H43N.C42H27N.C38H27N/c1-2-22-46(23-3-1)67-61-38-36-44(63-51-26-8-12-30-55(51)65(56-31-13-9-27-52(56)63)49-34-16-20-42-18-4-6-24-47(42)49)40-59(61)60-41-45(37-39-62(60)67)64-53-28-10-14-32-57(53)66(58-33-15-11-29-54(58)64)50-35-17-21-43-19-5-7-25-48(43)50;1-2-14-32(15-3-1)43-39-21-11-10-16-33(39)38-27-31(24-25-40(38)43)42-36-19-8-6-17-34(36)41(35-18-7-9-20-37(35)42)30-23-22-28-12-4-5-13-29(28)26-30;1-2-39-35-18-10-9-13-29(35)34-24-28(21-22-36(34)39)38-32-16-7-5-14-30(32)37(31-15-6-8-17-33(31)38)27-20-19-25-11-3-4-12-26(25)23-27/h1-42,47H;1-27H;3-24H,2H2,1H3. The minimum atomic E-state index is 0.297. The van der Waals surface area contributed by atoms with E-state index in [1.54, 1.807) is 0 Å². The molecular weight excluding hydrogens is 1800 g/mol. The summed E-state index contributed by atoms with van der Waals surface area (Å²) in [6, 6.07) is 186. The van der Waals surface area contributed by atoms with E-state index in [-0.39, 0.29) is 0 Å². The van der Waals surface area contributed by atoms with E-state index >= 15 is 0 Å². The van der Waals surface area contributed by atoms with E-state index in [4.69, 9.17) is 0 Å². The number of hydrogen-bond donors (Lipinski definition) is 0. The summed E-state index contributed by atoms with van der Waals surface area (Å²) in [6.45, 7) is 3.18. The summed E-state index contributed by atoms with van der Waals surface area (Å²) in [6.07, 6.45) is 16.1. The van der Waals surface area contributed by atoms with Gasteiger partial charge in [-0.05, 0) is 312 Å². The summed E-state index contributed by atoms with van der Waals surface area (Å²) in [5, 5.41) is 35.6.